The third-order valence-corrected chi connectivity index (χ3v) is 3.95. The molecule has 0 unspecified atom stereocenters. The topological polar surface area (TPSA) is 0 Å². The minimum Gasteiger partial charge on any atom is -0.0843 e. The molecule has 0 saturated heterocycles. The van der Waals surface area contributed by atoms with Crippen LogP contribution in [0.2, 0.25) is 5.02 Å². The first-order valence-corrected chi connectivity index (χ1v) is 7.36. The molecule has 0 bridgehead atoms. The zero-order chi connectivity index (χ0) is 13.9. The molecule has 3 aromatic carbocycles. The minimum absolute atomic E-state index is 0.725. The zero-order valence-corrected chi connectivity index (χ0v) is 12.9. The van der Waals surface area contributed by atoms with Gasteiger partial charge in [-0.1, -0.05) is 63.6 Å². The van der Waals surface area contributed by atoms with Gasteiger partial charge in [-0.15, -0.1) is 0 Å². The van der Waals surface area contributed by atoms with Crippen molar-refractivity contribution >= 4 is 38.3 Å². The molecule has 0 amide bonds. The second-order valence-electron chi connectivity index (χ2n) is 4.40. The van der Waals surface area contributed by atoms with Crippen LogP contribution in [0.15, 0.2) is 65.1 Å². The molecule has 0 saturated carbocycles. The van der Waals surface area contributed by atoms with E-state index >= 15 is 0 Å². The predicted molar refractivity (Wildman–Crippen MR) is 89.1 cm³/mol. The van der Waals surface area contributed by atoms with Gasteiger partial charge in [-0.25, -0.2) is 0 Å². The van der Waals surface area contributed by atoms with Gasteiger partial charge in [0.15, 0.2) is 0 Å². The molecule has 0 aliphatic rings. The third kappa shape index (κ3) is 2.72. The lowest BCUT2D eigenvalue weighted by molar-refractivity contribution is 1.63. The summed E-state index contributed by atoms with van der Waals surface area (Å²) in [5.41, 5.74) is 1.98. The summed E-state index contributed by atoms with van der Waals surface area (Å²) < 4.78 is 1.07. The van der Waals surface area contributed by atoms with E-state index < -0.39 is 0 Å². The summed E-state index contributed by atoms with van der Waals surface area (Å²) in [6.07, 6.45) is 0. The van der Waals surface area contributed by atoms with Crippen molar-refractivity contribution in [1.29, 1.82) is 0 Å². The molecule has 0 fully saturated rings. The quantitative estimate of drug-likeness (QED) is 0.463. The Bertz CT molecular complexity index is 818. The molecule has 3 aromatic rings. The maximum absolute atomic E-state index is 5.87. The van der Waals surface area contributed by atoms with Gasteiger partial charge in [0.05, 0.1) is 0 Å². The molecule has 0 radical (unpaired) electrons. The fourth-order valence-electron chi connectivity index (χ4n) is 2.07. The lowest BCUT2D eigenvalue weighted by Crippen LogP contribution is -1.81. The molecule has 0 aliphatic carbocycles. The second kappa shape index (κ2) is 5.71. The number of rotatable bonds is 0. The molecule has 0 N–H and O–H groups in total. The number of hydrogen-bond donors (Lipinski definition) is 0. The highest BCUT2D eigenvalue weighted by atomic mass is 79.9. The fourth-order valence-corrected chi connectivity index (χ4v) is 2.79. The molecule has 0 heterocycles. The summed E-state index contributed by atoms with van der Waals surface area (Å²) in [7, 11) is 0. The van der Waals surface area contributed by atoms with Gasteiger partial charge >= 0.3 is 0 Å². The van der Waals surface area contributed by atoms with Crippen LogP contribution in [0, 0.1) is 11.8 Å². The molecule has 3 rings (SSSR count). The standard InChI is InChI=1S/C18H10BrCl/c19-17-6-2-5-14-3-1-4-15(18(14)17)10-7-13-8-11-16(20)12-9-13/h1-6,8-9,11-12H. The fraction of sp³-hybridized carbons (Fsp3) is 0. The van der Waals surface area contributed by atoms with Crippen LogP contribution in [0.4, 0.5) is 0 Å². The first-order chi connectivity index (χ1) is 9.74. The van der Waals surface area contributed by atoms with Crippen molar-refractivity contribution in [3.8, 4) is 11.8 Å². The molecule has 20 heavy (non-hydrogen) atoms. The highest BCUT2D eigenvalue weighted by molar-refractivity contribution is 9.10. The van der Waals surface area contributed by atoms with E-state index in [0.29, 0.717) is 0 Å². The first kappa shape index (κ1) is 13.2. The average molecular weight is 342 g/mol. The van der Waals surface area contributed by atoms with Crippen LogP contribution >= 0.6 is 27.5 Å². The number of hydrogen-bond acceptors (Lipinski definition) is 0. The Morgan fingerprint density at radius 1 is 0.800 bits per heavy atom. The molecule has 96 valence electrons. The van der Waals surface area contributed by atoms with E-state index in [1.54, 1.807) is 0 Å². The lowest BCUT2D eigenvalue weighted by Gasteiger charge is -2.02. The SMILES string of the molecule is Clc1ccc(C#Cc2cccc3cccc(Br)c23)cc1. The summed E-state index contributed by atoms with van der Waals surface area (Å²) in [6, 6.07) is 19.9. The molecule has 0 aliphatic heterocycles. The van der Waals surface area contributed by atoms with Gasteiger partial charge in [-0.2, -0.15) is 0 Å². The summed E-state index contributed by atoms with van der Waals surface area (Å²) in [5, 5.41) is 3.06. The Labute approximate surface area is 131 Å². The van der Waals surface area contributed by atoms with E-state index in [2.05, 4.69) is 39.9 Å². The van der Waals surface area contributed by atoms with Gasteiger partial charge in [0.25, 0.3) is 0 Å². The Hall–Kier alpha value is -1.75. The first-order valence-electron chi connectivity index (χ1n) is 6.19. The zero-order valence-electron chi connectivity index (χ0n) is 10.5. The van der Waals surface area contributed by atoms with Crippen molar-refractivity contribution < 1.29 is 0 Å². The summed E-state index contributed by atoms with van der Waals surface area (Å²) in [4.78, 5) is 0. The van der Waals surface area contributed by atoms with Crippen molar-refractivity contribution in [3.63, 3.8) is 0 Å². The van der Waals surface area contributed by atoms with Gasteiger partial charge in [-0.3, -0.25) is 0 Å². The Balaban J connectivity index is 2.10. The number of halogens is 2. The van der Waals surface area contributed by atoms with E-state index in [1.165, 1.54) is 5.39 Å². The largest absolute Gasteiger partial charge is 0.0843 e. The normalized spacial score (nSPS) is 10.1. The predicted octanol–water partition coefficient (Wildman–Crippen LogP) is 5.66. The molecular weight excluding hydrogens is 332 g/mol. The maximum Gasteiger partial charge on any atom is 0.0406 e. The molecule has 2 heteroatoms. The van der Waals surface area contributed by atoms with Crippen LogP contribution in [0.3, 0.4) is 0 Å². The minimum atomic E-state index is 0.725. The monoisotopic (exact) mass is 340 g/mol. The van der Waals surface area contributed by atoms with Crippen molar-refractivity contribution in [2.75, 3.05) is 0 Å². The molecule has 0 nitrogen and oxygen atoms in total. The molecule has 0 spiro atoms. The van der Waals surface area contributed by atoms with Crippen LogP contribution in [0.1, 0.15) is 11.1 Å². The van der Waals surface area contributed by atoms with Gasteiger partial charge < -0.3 is 0 Å². The molecular formula is C18H10BrCl. The smallest absolute Gasteiger partial charge is 0.0406 e. The summed E-state index contributed by atoms with van der Waals surface area (Å²) in [6.45, 7) is 0. The van der Waals surface area contributed by atoms with E-state index in [1.807, 2.05) is 48.5 Å². The molecule has 0 aromatic heterocycles. The van der Waals surface area contributed by atoms with Crippen molar-refractivity contribution in [2.45, 2.75) is 0 Å². The Morgan fingerprint density at radius 2 is 1.50 bits per heavy atom. The van der Waals surface area contributed by atoms with Gasteiger partial charge in [0.2, 0.25) is 0 Å². The van der Waals surface area contributed by atoms with Crippen molar-refractivity contribution in [2.24, 2.45) is 0 Å². The number of fused-ring (bicyclic) bond motifs is 1. The van der Waals surface area contributed by atoms with Crippen LogP contribution in [-0.2, 0) is 0 Å². The van der Waals surface area contributed by atoms with Gasteiger partial charge in [-0.05, 0) is 41.8 Å². The summed E-state index contributed by atoms with van der Waals surface area (Å²) in [5.74, 6) is 6.42. The van der Waals surface area contributed by atoms with E-state index in [9.17, 15) is 0 Å². The molecule has 0 atom stereocenters. The van der Waals surface area contributed by atoms with Crippen molar-refractivity contribution in [1.82, 2.24) is 0 Å². The lowest BCUT2D eigenvalue weighted by atomic mass is 10.0. The highest BCUT2D eigenvalue weighted by Crippen LogP contribution is 2.26. The van der Waals surface area contributed by atoms with Gasteiger partial charge in [0, 0.05) is 26.0 Å². The maximum atomic E-state index is 5.87. The summed E-state index contributed by atoms with van der Waals surface area (Å²) >= 11 is 9.47. The number of benzene rings is 3. The Kier molecular flexibility index (Phi) is 3.78. The second-order valence-corrected chi connectivity index (χ2v) is 5.69. The Morgan fingerprint density at radius 3 is 2.25 bits per heavy atom. The van der Waals surface area contributed by atoms with E-state index in [-0.39, 0.29) is 0 Å². The van der Waals surface area contributed by atoms with Crippen molar-refractivity contribution in [3.05, 3.63) is 81.3 Å². The van der Waals surface area contributed by atoms with Crippen LogP contribution in [0.25, 0.3) is 10.8 Å². The van der Waals surface area contributed by atoms with Crippen LogP contribution < -0.4 is 0 Å². The van der Waals surface area contributed by atoms with E-state index in [0.717, 1.165) is 26.0 Å². The van der Waals surface area contributed by atoms with Crippen LogP contribution in [-0.4, -0.2) is 0 Å². The van der Waals surface area contributed by atoms with Gasteiger partial charge in [0.1, 0.15) is 0 Å². The highest BCUT2D eigenvalue weighted by Gasteiger charge is 2.01. The average Bonchev–Trinajstić information content (AvgIpc) is 2.47. The van der Waals surface area contributed by atoms with Crippen LogP contribution in [0.5, 0.6) is 0 Å². The van der Waals surface area contributed by atoms with E-state index in [4.69, 9.17) is 11.6 Å². The third-order valence-electron chi connectivity index (χ3n) is 3.04.